The van der Waals surface area contributed by atoms with Gasteiger partial charge in [-0.1, -0.05) is 0 Å². The third-order valence-electron chi connectivity index (χ3n) is 2.06. The van der Waals surface area contributed by atoms with Crippen LogP contribution < -0.4 is 27.4 Å². The molecule has 0 unspecified atom stereocenters. The standard InChI is InChI=1S/C10H27N5/c11-3-1-5-13-6-2-7-14-9-10-15-8-4-12/h13-15H,1-12H2. The van der Waals surface area contributed by atoms with Crippen LogP contribution in [0.4, 0.5) is 0 Å². The maximum absolute atomic E-state index is 5.38. The van der Waals surface area contributed by atoms with Crippen LogP contribution in [0, 0.1) is 0 Å². The summed E-state index contributed by atoms with van der Waals surface area (Å²) < 4.78 is 0. The van der Waals surface area contributed by atoms with Gasteiger partial charge in [-0.05, 0) is 39.0 Å². The zero-order valence-electron chi connectivity index (χ0n) is 9.73. The van der Waals surface area contributed by atoms with Crippen molar-refractivity contribution in [1.82, 2.24) is 16.0 Å². The van der Waals surface area contributed by atoms with Crippen molar-refractivity contribution in [3.63, 3.8) is 0 Å². The van der Waals surface area contributed by atoms with Crippen molar-refractivity contribution >= 4 is 0 Å². The molecule has 0 aromatic heterocycles. The first-order valence-corrected chi connectivity index (χ1v) is 5.94. The van der Waals surface area contributed by atoms with E-state index >= 15 is 0 Å². The molecule has 0 amide bonds. The first-order chi connectivity index (χ1) is 7.41. The highest BCUT2D eigenvalue weighted by molar-refractivity contribution is 4.54. The van der Waals surface area contributed by atoms with Crippen LogP contribution in [0.5, 0.6) is 0 Å². The van der Waals surface area contributed by atoms with E-state index in [-0.39, 0.29) is 0 Å². The van der Waals surface area contributed by atoms with Gasteiger partial charge in [0.05, 0.1) is 0 Å². The van der Waals surface area contributed by atoms with Crippen LogP contribution in [-0.2, 0) is 0 Å². The van der Waals surface area contributed by atoms with Gasteiger partial charge in [0.2, 0.25) is 0 Å². The smallest absolute Gasteiger partial charge is 0.00772 e. The Bertz CT molecular complexity index is 98.0. The molecule has 5 nitrogen and oxygen atoms in total. The Balaban J connectivity index is 2.81. The minimum absolute atomic E-state index is 0.713. The van der Waals surface area contributed by atoms with Crippen molar-refractivity contribution in [1.29, 1.82) is 0 Å². The van der Waals surface area contributed by atoms with E-state index in [9.17, 15) is 0 Å². The first-order valence-electron chi connectivity index (χ1n) is 5.94. The second kappa shape index (κ2) is 13.8. The molecule has 0 aliphatic rings. The lowest BCUT2D eigenvalue weighted by Crippen LogP contribution is -2.32. The lowest BCUT2D eigenvalue weighted by Gasteiger charge is -2.06. The predicted molar refractivity (Wildman–Crippen MR) is 66.0 cm³/mol. The highest BCUT2D eigenvalue weighted by Gasteiger charge is 1.89. The maximum Gasteiger partial charge on any atom is 0.00772 e. The van der Waals surface area contributed by atoms with Gasteiger partial charge < -0.3 is 27.4 Å². The Hall–Kier alpha value is -0.200. The van der Waals surface area contributed by atoms with Crippen molar-refractivity contribution < 1.29 is 0 Å². The van der Waals surface area contributed by atoms with E-state index in [1.54, 1.807) is 0 Å². The molecule has 7 N–H and O–H groups in total. The molecule has 0 saturated heterocycles. The maximum atomic E-state index is 5.38. The Labute approximate surface area is 93.4 Å². The fraction of sp³-hybridized carbons (Fsp3) is 1.00. The number of nitrogens with two attached hydrogens (primary N) is 2. The van der Waals surface area contributed by atoms with E-state index in [0.717, 1.165) is 52.2 Å². The first kappa shape index (κ1) is 14.8. The Morgan fingerprint density at radius 1 is 0.533 bits per heavy atom. The molecule has 5 heteroatoms. The Morgan fingerprint density at radius 2 is 1.07 bits per heavy atom. The zero-order chi connectivity index (χ0) is 11.2. The van der Waals surface area contributed by atoms with Gasteiger partial charge in [-0.15, -0.1) is 0 Å². The van der Waals surface area contributed by atoms with Crippen LogP contribution in [0.2, 0.25) is 0 Å². The van der Waals surface area contributed by atoms with E-state index in [0.29, 0.717) is 6.54 Å². The minimum Gasteiger partial charge on any atom is -0.330 e. The van der Waals surface area contributed by atoms with E-state index in [4.69, 9.17) is 11.5 Å². The van der Waals surface area contributed by atoms with Crippen molar-refractivity contribution in [3.8, 4) is 0 Å². The summed E-state index contributed by atoms with van der Waals surface area (Å²) in [5.41, 5.74) is 10.7. The second-order valence-electron chi connectivity index (χ2n) is 3.53. The molecule has 0 atom stereocenters. The highest BCUT2D eigenvalue weighted by Crippen LogP contribution is 1.75. The van der Waals surface area contributed by atoms with Gasteiger partial charge >= 0.3 is 0 Å². The Morgan fingerprint density at radius 3 is 1.67 bits per heavy atom. The summed E-state index contributed by atoms with van der Waals surface area (Å²) in [6.07, 6.45) is 2.23. The minimum atomic E-state index is 0.713. The van der Waals surface area contributed by atoms with Crippen LogP contribution in [0.1, 0.15) is 12.8 Å². The fourth-order valence-electron chi connectivity index (χ4n) is 1.22. The van der Waals surface area contributed by atoms with Crippen molar-refractivity contribution in [2.75, 3.05) is 52.4 Å². The SMILES string of the molecule is NCCCNCCCNCCNCCN. The third kappa shape index (κ3) is 13.8. The van der Waals surface area contributed by atoms with E-state index in [1.165, 1.54) is 6.42 Å². The van der Waals surface area contributed by atoms with Crippen LogP contribution in [0.25, 0.3) is 0 Å². The molecule has 0 bridgehead atoms. The van der Waals surface area contributed by atoms with Gasteiger partial charge in [0.15, 0.2) is 0 Å². The molecule has 0 heterocycles. The Kier molecular flexibility index (Phi) is 13.6. The van der Waals surface area contributed by atoms with Gasteiger partial charge in [-0.3, -0.25) is 0 Å². The lowest BCUT2D eigenvalue weighted by atomic mass is 10.4. The number of rotatable bonds is 12. The van der Waals surface area contributed by atoms with Crippen molar-refractivity contribution in [2.45, 2.75) is 12.8 Å². The van der Waals surface area contributed by atoms with Crippen molar-refractivity contribution in [2.24, 2.45) is 11.5 Å². The molecule has 0 aliphatic carbocycles. The van der Waals surface area contributed by atoms with Gasteiger partial charge in [-0.25, -0.2) is 0 Å². The molecular formula is C10H27N5. The average Bonchev–Trinajstić information content (AvgIpc) is 2.26. The molecule has 0 aromatic carbocycles. The van der Waals surface area contributed by atoms with E-state index in [1.807, 2.05) is 0 Å². The molecule has 15 heavy (non-hydrogen) atoms. The number of nitrogens with one attached hydrogen (secondary N) is 3. The fourth-order valence-corrected chi connectivity index (χ4v) is 1.22. The topological polar surface area (TPSA) is 88.1 Å². The van der Waals surface area contributed by atoms with Crippen LogP contribution in [0.3, 0.4) is 0 Å². The predicted octanol–water partition coefficient (Wildman–Crippen LogP) is -1.55. The van der Waals surface area contributed by atoms with Crippen LogP contribution in [-0.4, -0.2) is 52.4 Å². The van der Waals surface area contributed by atoms with Crippen LogP contribution in [0.15, 0.2) is 0 Å². The molecule has 0 radical (unpaired) electrons. The molecule has 0 aliphatic heterocycles. The van der Waals surface area contributed by atoms with Gasteiger partial charge in [0, 0.05) is 26.2 Å². The summed E-state index contributed by atoms with van der Waals surface area (Å²) in [5.74, 6) is 0. The van der Waals surface area contributed by atoms with Crippen molar-refractivity contribution in [3.05, 3.63) is 0 Å². The summed E-state index contributed by atoms with van der Waals surface area (Å²) in [7, 11) is 0. The monoisotopic (exact) mass is 217 g/mol. The van der Waals surface area contributed by atoms with Gasteiger partial charge in [-0.2, -0.15) is 0 Å². The zero-order valence-corrected chi connectivity index (χ0v) is 9.73. The second-order valence-corrected chi connectivity index (χ2v) is 3.53. The molecule has 0 spiro atoms. The van der Waals surface area contributed by atoms with Gasteiger partial charge in [0.1, 0.15) is 0 Å². The lowest BCUT2D eigenvalue weighted by molar-refractivity contribution is 0.569. The average molecular weight is 217 g/mol. The number of hydrogen-bond donors (Lipinski definition) is 5. The molecule has 0 saturated carbocycles. The molecule has 92 valence electrons. The summed E-state index contributed by atoms with van der Waals surface area (Å²) in [4.78, 5) is 0. The number of hydrogen-bond acceptors (Lipinski definition) is 5. The molecule has 0 fully saturated rings. The summed E-state index contributed by atoms with van der Waals surface area (Å²) in [6, 6.07) is 0. The molecule has 0 aromatic rings. The van der Waals surface area contributed by atoms with Crippen LogP contribution >= 0.6 is 0 Å². The summed E-state index contributed by atoms with van der Waals surface area (Å²) >= 11 is 0. The molecule has 0 rings (SSSR count). The quantitative estimate of drug-likeness (QED) is 0.256. The molecular weight excluding hydrogens is 190 g/mol. The normalized spacial score (nSPS) is 10.8. The van der Waals surface area contributed by atoms with Gasteiger partial charge in [0.25, 0.3) is 0 Å². The summed E-state index contributed by atoms with van der Waals surface area (Å²) in [6.45, 7) is 7.59. The largest absolute Gasteiger partial charge is 0.330 e. The van der Waals surface area contributed by atoms with E-state index in [2.05, 4.69) is 16.0 Å². The highest BCUT2D eigenvalue weighted by atomic mass is 14.9. The van der Waals surface area contributed by atoms with E-state index < -0.39 is 0 Å². The summed E-state index contributed by atoms with van der Waals surface area (Å²) in [5, 5.41) is 9.95. The third-order valence-corrected chi connectivity index (χ3v) is 2.06.